The normalized spacial score (nSPS) is 12.0. The fourth-order valence-corrected chi connectivity index (χ4v) is 3.80. The van der Waals surface area contributed by atoms with Gasteiger partial charge in [0.25, 0.3) is 10.0 Å². The summed E-state index contributed by atoms with van der Waals surface area (Å²) in [6.45, 7) is 4.00. The highest BCUT2D eigenvalue weighted by atomic mass is 35.5. The van der Waals surface area contributed by atoms with Crippen LogP contribution in [-0.2, 0) is 10.0 Å². The van der Waals surface area contributed by atoms with E-state index in [1.54, 1.807) is 29.1 Å². The Morgan fingerprint density at radius 3 is 2.65 bits per heavy atom. The number of nitrogens with zero attached hydrogens (tertiary/aromatic N) is 3. The summed E-state index contributed by atoms with van der Waals surface area (Å²) in [4.78, 5) is 4.33. The molecule has 23 heavy (non-hydrogen) atoms. The molecule has 2 aromatic heterocycles. The number of anilines is 1. The smallest absolute Gasteiger partial charge is 0.263 e. The number of halogens is 1. The number of fused-ring (bicyclic) bond motifs is 1. The van der Waals surface area contributed by atoms with Crippen LogP contribution in [0.5, 0.6) is 0 Å². The van der Waals surface area contributed by atoms with Gasteiger partial charge in [-0.05, 0) is 32.0 Å². The summed E-state index contributed by atoms with van der Waals surface area (Å²) in [6.07, 6.45) is 3.13. The third-order valence-electron chi connectivity index (χ3n) is 3.30. The van der Waals surface area contributed by atoms with Crippen LogP contribution in [-0.4, -0.2) is 23.2 Å². The highest BCUT2D eigenvalue weighted by Gasteiger charge is 2.18. The number of hydrogen-bond donors (Lipinski definition) is 1. The van der Waals surface area contributed by atoms with Gasteiger partial charge in [0.1, 0.15) is 4.90 Å². The summed E-state index contributed by atoms with van der Waals surface area (Å²) in [5.41, 5.74) is 1.07. The van der Waals surface area contributed by atoms with E-state index in [4.69, 9.17) is 11.6 Å². The second kappa shape index (κ2) is 5.82. The minimum atomic E-state index is -3.77. The zero-order valence-corrected chi connectivity index (χ0v) is 14.1. The molecule has 0 saturated heterocycles. The van der Waals surface area contributed by atoms with Crippen LogP contribution in [0.15, 0.2) is 47.6 Å². The van der Waals surface area contributed by atoms with Gasteiger partial charge in [0.05, 0.1) is 23.1 Å². The van der Waals surface area contributed by atoms with Crippen LogP contribution in [0.2, 0.25) is 5.02 Å². The van der Waals surface area contributed by atoms with Crippen LogP contribution in [0.25, 0.3) is 11.0 Å². The molecule has 0 unspecified atom stereocenters. The van der Waals surface area contributed by atoms with E-state index < -0.39 is 10.0 Å². The number of rotatable bonds is 4. The summed E-state index contributed by atoms with van der Waals surface area (Å²) in [5, 5.41) is 5.19. The standard InChI is InChI=1S/C15H15ClN4O2S/c1-10(2)20-15-11(8-18-20)7-12(9-17-15)19-23(21,22)14-6-4-3-5-13(14)16/h3-10,19H,1-2H3. The molecular weight excluding hydrogens is 336 g/mol. The lowest BCUT2D eigenvalue weighted by Gasteiger charge is -2.10. The van der Waals surface area contributed by atoms with Gasteiger partial charge in [0.15, 0.2) is 5.65 Å². The van der Waals surface area contributed by atoms with Crippen LogP contribution in [0.1, 0.15) is 19.9 Å². The molecule has 6 nitrogen and oxygen atoms in total. The predicted molar refractivity (Wildman–Crippen MR) is 90.2 cm³/mol. The minimum Gasteiger partial charge on any atom is -0.278 e. The number of nitrogens with one attached hydrogen (secondary N) is 1. The zero-order valence-electron chi connectivity index (χ0n) is 12.6. The molecule has 0 saturated carbocycles. The Labute approximate surface area is 139 Å². The maximum absolute atomic E-state index is 12.4. The SMILES string of the molecule is CC(C)n1ncc2cc(NS(=O)(=O)c3ccccc3Cl)cnc21. The van der Waals surface area contributed by atoms with Crippen LogP contribution in [0.3, 0.4) is 0 Å². The van der Waals surface area contributed by atoms with Crippen molar-refractivity contribution in [3.8, 4) is 0 Å². The lowest BCUT2D eigenvalue weighted by atomic mass is 10.3. The van der Waals surface area contributed by atoms with Crippen LogP contribution >= 0.6 is 11.6 Å². The molecule has 0 aliphatic carbocycles. The predicted octanol–water partition coefficient (Wildman–Crippen LogP) is 3.47. The van der Waals surface area contributed by atoms with Crippen LogP contribution in [0.4, 0.5) is 5.69 Å². The fourth-order valence-electron chi connectivity index (χ4n) is 2.25. The van der Waals surface area contributed by atoms with Crippen molar-refractivity contribution in [3.05, 3.63) is 47.7 Å². The van der Waals surface area contributed by atoms with E-state index in [0.29, 0.717) is 11.3 Å². The fraction of sp³-hybridized carbons (Fsp3) is 0.200. The largest absolute Gasteiger partial charge is 0.278 e. The van der Waals surface area contributed by atoms with Gasteiger partial charge in [-0.3, -0.25) is 4.72 Å². The maximum Gasteiger partial charge on any atom is 0.263 e. The Morgan fingerprint density at radius 2 is 1.96 bits per heavy atom. The molecule has 0 amide bonds. The van der Waals surface area contributed by atoms with Crippen LogP contribution in [0, 0.1) is 0 Å². The van der Waals surface area contributed by atoms with Crippen LogP contribution < -0.4 is 4.72 Å². The van der Waals surface area contributed by atoms with E-state index in [1.165, 1.54) is 18.3 Å². The Hall–Kier alpha value is -2.12. The van der Waals surface area contributed by atoms with E-state index >= 15 is 0 Å². The van der Waals surface area contributed by atoms with Crippen molar-refractivity contribution in [1.29, 1.82) is 0 Å². The second-order valence-corrected chi connectivity index (χ2v) is 7.41. The van der Waals surface area contributed by atoms with Crippen molar-refractivity contribution >= 4 is 38.3 Å². The van der Waals surface area contributed by atoms with Gasteiger partial charge in [0, 0.05) is 11.4 Å². The number of benzene rings is 1. The number of aromatic nitrogens is 3. The average Bonchev–Trinajstić information content (AvgIpc) is 2.90. The van der Waals surface area contributed by atoms with E-state index in [1.807, 2.05) is 13.8 Å². The monoisotopic (exact) mass is 350 g/mol. The lowest BCUT2D eigenvalue weighted by molar-refractivity contribution is 0.546. The van der Waals surface area contributed by atoms with Gasteiger partial charge in [-0.25, -0.2) is 18.1 Å². The molecule has 2 heterocycles. The molecule has 3 aromatic rings. The third-order valence-corrected chi connectivity index (χ3v) is 5.18. The minimum absolute atomic E-state index is 0.0274. The lowest BCUT2D eigenvalue weighted by Crippen LogP contribution is -2.13. The molecule has 0 atom stereocenters. The summed E-state index contributed by atoms with van der Waals surface area (Å²) in [6, 6.07) is 8.15. The average molecular weight is 351 g/mol. The first-order valence-corrected chi connectivity index (χ1v) is 8.85. The van der Waals surface area contributed by atoms with Gasteiger partial charge in [-0.15, -0.1) is 0 Å². The highest BCUT2D eigenvalue weighted by molar-refractivity contribution is 7.92. The molecule has 0 aliphatic heterocycles. The molecular formula is C15H15ClN4O2S. The van der Waals surface area contributed by atoms with E-state index in [9.17, 15) is 8.42 Å². The molecule has 0 spiro atoms. The van der Waals surface area contributed by atoms with Gasteiger partial charge in [-0.2, -0.15) is 5.10 Å². The zero-order chi connectivity index (χ0) is 16.6. The summed E-state index contributed by atoms with van der Waals surface area (Å²) < 4.78 is 29.1. The van der Waals surface area contributed by atoms with Gasteiger partial charge in [0.2, 0.25) is 0 Å². The molecule has 0 radical (unpaired) electrons. The molecule has 3 rings (SSSR count). The topological polar surface area (TPSA) is 76.9 Å². The highest BCUT2D eigenvalue weighted by Crippen LogP contribution is 2.25. The Morgan fingerprint density at radius 1 is 1.22 bits per heavy atom. The first kappa shape index (κ1) is 15.8. The summed E-state index contributed by atoms with van der Waals surface area (Å²) in [5.74, 6) is 0. The molecule has 0 aliphatic rings. The van der Waals surface area contributed by atoms with Crippen molar-refractivity contribution in [2.24, 2.45) is 0 Å². The second-order valence-electron chi connectivity index (χ2n) is 5.36. The molecule has 120 valence electrons. The quantitative estimate of drug-likeness (QED) is 0.781. The summed E-state index contributed by atoms with van der Waals surface area (Å²) >= 11 is 5.96. The van der Waals surface area contributed by atoms with Crippen molar-refractivity contribution in [2.45, 2.75) is 24.8 Å². The van der Waals surface area contributed by atoms with E-state index in [2.05, 4.69) is 14.8 Å². The van der Waals surface area contributed by atoms with E-state index in [0.717, 1.165) is 5.39 Å². The number of hydrogen-bond acceptors (Lipinski definition) is 4. The van der Waals surface area contributed by atoms with E-state index in [-0.39, 0.29) is 16.0 Å². The molecule has 1 aromatic carbocycles. The first-order valence-electron chi connectivity index (χ1n) is 6.99. The van der Waals surface area contributed by atoms with Crippen molar-refractivity contribution in [1.82, 2.24) is 14.8 Å². The molecule has 0 fully saturated rings. The van der Waals surface area contributed by atoms with Gasteiger partial charge < -0.3 is 0 Å². The third kappa shape index (κ3) is 3.02. The number of sulfonamides is 1. The summed E-state index contributed by atoms with van der Waals surface area (Å²) in [7, 11) is -3.77. The molecule has 1 N–H and O–H groups in total. The van der Waals surface area contributed by atoms with Crippen molar-refractivity contribution < 1.29 is 8.42 Å². The van der Waals surface area contributed by atoms with Crippen molar-refractivity contribution in [2.75, 3.05) is 4.72 Å². The Balaban J connectivity index is 1.97. The van der Waals surface area contributed by atoms with Gasteiger partial charge in [-0.1, -0.05) is 23.7 Å². The van der Waals surface area contributed by atoms with Gasteiger partial charge >= 0.3 is 0 Å². The number of pyridine rings is 1. The Bertz CT molecular complexity index is 967. The molecule has 0 bridgehead atoms. The molecule has 8 heteroatoms. The maximum atomic E-state index is 12.4. The van der Waals surface area contributed by atoms with Crippen molar-refractivity contribution in [3.63, 3.8) is 0 Å². The Kier molecular flexibility index (Phi) is 3.99. The first-order chi connectivity index (χ1) is 10.9.